The third kappa shape index (κ3) is 7.10. The van der Waals surface area contributed by atoms with E-state index in [4.69, 9.17) is 27.9 Å². The lowest BCUT2D eigenvalue weighted by Gasteiger charge is -2.10. The number of amides is 1. The molecule has 3 rings (SSSR count). The zero-order valence-corrected chi connectivity index (χ0v) is 18.4. The van der Waals surface area contributed by atoms with Gasteiger partial charge in [0.2, 0.25) is 5.91 Å². The van der Waals surface area contributed by atoms with E-state index in [1.165, 1.54) is 11.8 Å². The fourth-order valence-corrected chi connectivity index (χ4v) is 3.75. The van der Waals surface area contributed by atoms with E-state index in [2.05, 4.69) is 10.5 Å². The van der Waals surface area contributed by atoms with Gasteiger partial charge in [0, 0.05) is 26.9 Å². The quantitative estimate of drug-likeness (QED) is 0.318. The fourth-order valence-electron chi connectivity index (χ4n) is 2.58. The topological polar surface area (TPSA) is 50.7 Å². The molecule has 0 heterocycles. The molecule has 1 amide bonds. The maximum Gasteiger partial charge on any atom is 0.250 e. The summed E-state index contributed by atoms with van der Waals surface area (Å²) in [5, 5.41) is 5.40. The van der Waals surface area contributed by atoms with Gasteiger partial charge in [-0.2, -0.15) is 5.10 Å². The molecule has 0 saturated carbocycles. The number of benzene rings is 3. The van der Waals surface area contributed by atoms with Crippen LogP contribution in [0.4, 0.5) is 0 Å². The van der Waals surface area contributed by atoms with Gasteiger partial charge in [0.15, 0.2) is 0 Å². The Hall–Kier alpha value is -2.47. The summed E-state index contributed by atoms with van der Waals surface area (Å²) >= 11 is 13.6. The molecule has 0 radical (unpaired) electrons. The molecule has 0 atom stereocenters. The number of hydrogen-bond acceptors (Lipinski definition) is 4. The van der Waals surface area contributed by atoms with Crippen LogP contribution in [0.15, 0.2) is 77.9 Å². The molecule has 4 nitrogen and oxygen atoms in total. The number of thioether (sulfide) groups is 1. The summed E-state index contributed by atoms with van der Waals surface area (Å²) in [6, 6.07) is 22.6. The van der Waals surface area contributed by atoms with Gasteiger partial charge in [0.05, 0.1) is 12.0 Å². The number of carbonyl (C=O) groups excluding carboxylic acids is 1. The summed E-state index contributed by atoms with van der Waals surface area (Å²) in [4.78, 5) is 12.0. The summed E-state index contributed by atoms with van der Waals surface area (Å²) in [6.45, 7) is 0.344. The third-order valence-electron chi connectivity index (χ3n) is 4.04. The minimum atomic E-state index is -0.173. The van der Waals surface area contributed by atoms with Gasteiger partial charge in [-0.3, -0.25) is 4.79 Å². The first-order valence-corrected chi connectivity index (χ1v) is 11.1. The molecule has 3 aromatic rings. The molecule has 0 fully saturated rings. The lowest BCUT2D eigenvalue weighted by molar-refractivity contribution is -0.118. The first kappa shape index (κ1) is 22.2. The zero-order valence-electron chi connectivity index (χ0n) is 16.1. The number of para-hydroxylation sites is 1. The Bertz CT molecular complexity index is 1030. The van der Waals surface area contributed by atoms with Crippen LogP contribution in [0.3, 0.4) is 0 Å². The fraction of sp³-hybridized carbons (Fsp3) is 0.130. The molecule has 0 bridgehead atoms. The van der Waals surface area contributed by atoms with Crippen molar-refractivity contribution >= 4 is 47.1 Å². The Morgan fingerprint density at radius 2 is 1.83 bits per heavy atom. The number of rotatable bonds is 9. The lowest BCUT2D eigenvalue weighted by atomic mass is 10.2. The van der Waals surface area contributed by atoms with Crippen molar-refractivity contribution < 1.29 is 9.53 Å². The summed E-state index contributed by atoms with van der Waals surface area (Å²) in [5.41, 5.74) is 5.28. The standard InChI is InChI=1S/C23H20Cl2N2O2S/c24-20-9-5-6-17(12-20)15-30-16-23(28)27-26-13-18-7-2-4-11-22(18)29-14-19-8-1-3-10-21(19)25/h1-13H,14-16H2,(H,27,28). The van der Waals surface area contributed by atoms with Gasteiger partial charge in [-0.25, -0.2) is 5.43 Å². The van der Waals surface area contributed by atoms with Gasteiger partial charge in [-0.15, -0.1) is 11.8 Å². The second-order valence-electron chi connectivity index (χ2n) is 6.33. The number of ether oxygens (including phenoxy) is 1. The highest BCUT2D eigenvalue weighted by Gasteiger charge is 2.05. The van der Waals surface area contributed by atoms with Crippen molar-refractivity contribution in [2.45, 2.75) is 12.4 Å². The Balaban J connectivity index is 1.48. The zero-order chi connectivity index (χ0) is 21.2. The molecule has 0 spiro atoms. The normalized spacial score (nSPS) is 10.9. The SMILES string of the molecule is O=C(CSCc1cccc(Cl)c1)NN=Cc1ccccc1OCc1ccccc1Cl. The van der Waals surface area contributed by atoms with E-state index in [0.29, 0.717) is 33.9 Å². The van der Waals surface area contributed by atoms with Crippen LogP contribution in [0.2, 0.25) is 10.0 Å². The molecule has 0 aliphatic heterocycles. The average molecular weight is 459 g/mol. The summed E-state index contributed by atoms with van der Waals surface area (Å²) in [6.07, 6.45) is 1.57. The number of carbonyl (C=O) groups is 1. The minimum Gasteiger partial charge on any atom is -0.488 e. The van der Waals surface area contributed by atoms with Crippen LogP contribution in [-0.2, 0) is 17.2 Å². The predicted molar refractivity (Wildman–Crippen MR) is 126 cm³/mol. The van der Waals surface area contributed by atoms with Crippen molar-refractivity contribution in [1.82, 2.24) is 5.43 Å². The van der Waals surface area contributed by atoms with Crippen molar-refractivity contribution in [3.8, 4) is 5.75 Å². The molecule has 7 heteroatoms. The Morgan fingerprint density at radius 3 is 2.67 bits per heavy atom. The molecule has 0 aliphatic carbocycles. The first-order valence-electron chi connectivity index (χ1n) is 9.21. The number of hydrazone groups is 1. The highest BCUT2D eigenvalue weighted by molar-refractivity contribution is 7.99. The van der Waals surface area contributed by atoms with E-state index >= 15 is 0 Å². The van der Waals surface area contributed by atoms with Gasteiger partial charge < -0.3 is 4.74 Å². The highest BCUT2D eigenvalue weighted by Crippen LogP contribution is 2.21. The van der Waals surface area contributed by atoms with Crippen molar-refractivity contribution in [2.24, 2.45) is 5.10 Å². The van der Waals surface area contributed by atoms with Crippen LogP contribution in [0, 0.1) is 0 Å². The molecule has 154 valence electrons. The van der Waals surface area contributed by atoms with Crippen LogP contribution in [-0.4, -0.2) is 17.9 Å². The van der Waals surface area contributed by atoms with E-state index in [-0.39, 0.29) is 5.91 Å². The van der Waals surface area contributed by atoms with E-state index in [0.717, 1.165) is 16.7 Å². The van der Waals surface area contributed by atoms with E-state index in [9.17, 15) is 4.79 Å². The van der Waals surface area contributed by atoms with Crippen LogP contribution in [0.25, 0.3) is 0 Å². The average Bonchev–Trinajstić information content (AvgIpc) is 2.74. The number of nitrogens with zero attached hydrogens (tertiary/aromatic N) is 1. The second kappa shape index (κ2) is 11.6. The molecular weight excluding hydrogens is 439 g/mol. The molecule has 3 aromatic carbocycles. The van der Waals surface area contributed by atoms with Gasteiger partial charge in [-0.1, -0.05) is 65.7 Å². The maximum absolute atomic E-state index is 12.0. The van der Waals surface area contributed by atoms with Crippen molar-refractivity contribution in [1.29, 1.82) is 0 Å². The van der Waals surface area contributed by atoms with Gasteiger partial charge >= 0.3 is 0 Å². The Labute approximate surface area is 190 Å². The third-order valence-corrected chi connectivity index (χ3v) is 5.65. The summed E-state index contributed by atoms with van der Waals surface area (Å²) in [7, 11) is 0. The molecular formula is C23H20Cl2N2O2S. The Morgan fingerprint density at radius 1 is 1.03 bits per heavy atom. The van der Waals surface area contributed by atoms with Gasteiger partial charge in [0.1, 0.15) is 12.4 Å². The van der Waals surface area contributed by atoms with E-state index in [1.807, 2.05) is 72.8 Å². The predicted octanol–water partition coefficient (Wildman–Crippen LogP) is 5.96. The molecule has 0 saturated heterocycles. The largest absolute Gasteiger partial charge is 0.488 e. The van der Waals surface area contributed by atoms with Gasteiger partial charge in [0.25, 0.3) is 0 Å². The van der Waals surface area contributed by atoms with Crippen molar-refractivity contribution in [3.05, 3.63) is 99.5 Å². The molecule has 30 heavy (non-hydrogen) atoms. The molecule has 0 aliphatic rings. The summed E-state index contributed by atoms with van der Waals surface area (Å²) < 4.78 is 5.88. The lowest BCUT2D eigenvalue weighted by Crippen LogP contribution is -2.19. The van der Waals surface area contributed by atoms with Crippen LogP contribution in [0.5, 0.6) is 5.75 Å². The van der Waals surface area contributed by atoms with Gasteiger partial charge in [-0.05, 0) is 35.9 Å². The first-order chi connectivity index (χ1) is 14.6. The second-order valence-corrected chi connectivity index (χ2v) is 8.16. The highest BCUT2D eigenvalue weighted by atomic mass is 35.5. The summed E-state index contributed by atoms with van der Waals surface area (Å²) in [5.74, 6) is 1.49. The number of nitrogens with one attached hydrogen (secondary N) is 1. The smallest absolute Gasteiger partial charge is 0.250 e. The maximum atomic E-state index is 12.0. The minimum absolute atomic E-state index is 0.173. The van der Waals surface area contributed by atoms with Crippen LogP contribution in [0.1, 0.15) is 16.7 Å². The van der Waals surface area contributed by atoms with E-state index < -0.39 is 0 Å². The molecule has 1 N–H and O–H groups in total. The van der Waals surface area contributed by atoms with Crippen molar-refractivity contribution in [3.63, 3.8) is 0 Å². The molecule has 0 aromatic heterocycles. The molecule has 0 unspecified atom stereocenters. The monoisotopic (exact) mass is 458 g/mol. The van der Waals surface area contributed by atoms with E-state index in [1.54, 1.807) is 6.21 Å². The number of hydrogen-bond donors (Lipinski definition) is 1. The Kier molecular flexibility index (Phi) is 8.63. The van der Waals surface area contributed by atoms with Crippen molar-refractivity contribution in [2.75, 3.05) is 5.75 Å². The number of halogens is 2. The van der Waals surface area contributed by atoms with Crippen LogP contribution >= 0.6 is 35.0 Å². The van der Waals surface area contributed by atoms with Crippen LogP contribution < -0.4 is 10.2 Å².